The van der Waals surface area contributed by atoms with Crippen LogP contribution >= 0.6 is 0 Å². The Morgan fingerprint density at radius 3 is 2.60 bits per heavy atom. The number of hydrogen-bond acceptors (Lipinski definition) is 7. The van der Waals surface area contributed by atoms with Crippen LogP contribution in [0.15, 0.2) is 59.9 Å². The van der Waals surface area contributed by atoms with Gasteiger partial charge in [0.05, 0.1) is 18.1 Å². The second-order valence-corrected chi connectivity index (χ2v) is 10.5. The van der Waals surface area contributed by atoms with Gasteiger partial charge in [-0.15, -0.1) is 0 Å². The third kappa shape index (κ3) is 5.15. The van der Waals surface area contributed by atoms with E-state index < -0.39 is 10.0 Å². The van der Waals surface area contributed by atoms with Crippen molar-refractivity contribution in [1.29, 1.82) is 0 Å². The van der Waals surface area contributed by atoms with Crippen LogP contribution in [0, 0.1) is 5.92 Å². The maximum absolute atomic E-state index is 13.2. The fourth-order valence-electron chi connectivity index (χ4n) is 4.21. The van der Waals surface area contributed by atoms with Gasteiger partial charge in [-0.05, 0) is 42.7 Å². The first kappa shape index (κ1) is 23.3. The molecule has 10 nitrogen and oxygen atoms in total. The first-order chi connectivity index (χ1) is 17.0. The highest BCUT2D eigenvalue weighted by molar-refractivity contribution is 7.89. The van der Waals surface area contributed by atoms with Gasteiger partial charge in [0.1, 0.15) is 0 Å². The van der Waals surface area contributed by atoms with Gasteiger partial charge < -0.3 is 14.8 Å². The van der Waals surface area contributed by atoms with Crippen LogP contribution in [0.2, 0.25) is 0 Å². The molecule has 0 atom stereocenters. The van der Waals surface area contributed by atoms with E-state index in [-0.39, 0.29) is 29.8 Å². The summed E-state index contributed by atoms with van der Waals surface area (Å²) < 4.78 is 40.7. The summed E-state index contributed by atoms with van der Waals surface area (Å²) in [5.41, 5.74) is 0.878. The van der Waals surface area contributed by atoms with Crippen molar-refractivity contribution >= 4 is 15.9 Å². The number of aromatic nitrogens is 3. The zero-order chi connectivity index (χ0) is 24.3. The molecule has 2 aromatic heterocycles. The Balaban J connectivity index is 1.15. The fourth-order valence-corrected chi connectivity index (χ4v) is 5.69. The van der Waals surface area contributed by atoms with Gasteiger partial charge in [-0.25, -0.2) is 18.1 Å². The van der Waals surface area contributed by atoms with E-state index >= 15 is 0 Å². The molecule has 0 radical (unpaired) electrons. The molecular formula is C24H27N5O5S. The molecule has 2 aliphatic rings. The van der Waals surface area contributed by atoms with Crippen LogP contribution in [-0.2, 0) is 21.4 Å². The van der Waals surface area contributed by atoms with Gasteiger partial charge in [-0.2, -0.15) is 9.40 Å². The number of nitrogens with one attached hydrogen (secondary N) is 1. The minimum atomic E-state index is -3.68. The second kappa shape index (κ2) is 10.0. The number of pyridine rings is 1. The largest absolute Gasteiger partial charge is 0.490 e. The van der Waals surface area contributed by atoms with Crippen molar-refractivity contribution in [2.24, 2.45) is 5.92 Å². The molecule has 1 N–H and O–H groups in total. The number of benzene rings is 1. The van der Waals surface area contributed by atoms with Crippen LogP contribution in [0.3, 0.4) is 0 Å². The summed E-state index contributed by atoms with van der Waals surface area (Å²) >= 11 is 0. The predicted octanol–water partition coefficient (Wildman–Crippen LogP) is 2.15. The summed E-state index contributed by atoms with van der Waals surface area (Å²) in [6, 6.07) is 10.3. The molecule has 184 valence electrons. The molecule has 0 spiro atoms. The number of carbonyl (C=O) groups excluding carboxylic acids is 1. The molecule has 1 aromatic carbocycles. The lowest BCUT2D eigenvalue weighted by molar-refractivity contribution is -0.126. The predicted molar refractivity (Wildman–Crippen MR) is 127 cm³/mol. The average molecular weight is 498 g/mol. The van der Waals surface area contributed by atoms with E-state index in [1.165, 1.54) is 10.4 Å². The van der Waals surface area contributed by atoms with Crippen molar-refractivity contribution in [3.8, 4) is 17.3 Å². The number of piperidine rings is 1. The molecule has 1 fully saturated rings. The zero-order valence-corrected chi connectivity index (χ0v) is 20.0. The third-order valence-corrected chi connectivity index (χ3v) is 8.09. The van der Waals surface area contributed by atoms with Crippen LogP contribution in [0.25, 0.3) is 5.82 Å². The summed E-state index contributed by atoms with van der Waals surface area (Å²) in [7, 11) is -3.68. The molecule has 11 heteroatoms. The Kier molecular flexibility index (Phi) is 6.69. The number of nitrogens with zero attached hydrogens (tertiary/aromatic N) is 4. The molecule has 35 heavy (non-hydrogen) atoms. The lowest BCUT2D eigenvalue weighted by Gasteiger charge is -2.30. The summed E-state index contributed by atoms with van der Waals surface area (Å²) in [6.45, 7) is 1.97. The van der Waals surface area contributed by atoms with Gasteiger partial charge in [-0.1, -0.05) is 6.07 Å². The topological polar surface area (TPSA) is 116 Å². The van der Waals surface area contributed by atoms with Crippen molar-refractivity contribution in [3.63, 3.8) is 0 Å². The number of fused-ring (bicyclic) bond motifs is 1. The van der Waals surface area contributed by atoms with Gasteiger partial charge in [0.15, 0.2) is 17.3 Å². The van der Waals surface area contributed by atoms with Gasteiger partial charge in [0, 0.05) is 56.6 Å². The smallest absolute Gasteiger partial charge is 0.243 e. The minimum absolute atomic E-state index is 0.0752. The third-order valence-electron chi connectivity index (χ3n) is 6.20. The molecule has 0 aliphatic carbocycles. The van der Waals surface area contributed by atoms with Crippen molar-refractivity contribution in [1.82, 2.24) is 24.4 Å². The first-order valence-corrected chi connectivity index (χ1v) is 13.1. The first-order valence-electron chi connectivity index (χ1n) is 11.6. The molecule has 0 unspecified atom stereocenters. The maximum Gasteiger partial charge on any atom is 0.243 e. The Labute approximate surface area is 203 Å². The Hall–Kier alpha value is -3.44. The highest BCUT2D eigenvalue weighted by Crippen LogP contribution is 2.33. The van der Waals surface area contributed by atoms with E-state index in [4.69, 9.17) is 9.47 Å². The number of ether oxygens (including phenoxy) is 2. The Bertz CT molecular complexity index is 1270. The van der Waals surface area contributed by atoms with Gasteiger partial charge in [0.25, 0.3) is 0 Å². The van der Waals surface area contributed by atoms with E-state index in [1.807, 2.05) is 24.4 Å². The molecule has 5 rings (SSSR count). The van der Waals surface area contributed by atoms with Crippen LogP contribution < -0.4 is 14.8 Å². The van der Waals surface area contributed by atoms with Crippen LogP contribution in [0.1, 0.15) is 24.8 Å². The number of amides is 1. The number of hydrogen-bond donors (Lipinski definition) is 1. The molecular weight excluding hydrogens is 470 g/mol. The molecule has 1 saturated heterocycles. The normalized spacial score (nSPS) is 17.0. The molecule has 1 amide bonds. The highest BCUT2D eigenvalue weighted by Gasteiger charge is 2.32. The number of sulfonamides is 1. The quantitative estimate of drug-likeness (QED) is 0.555. The SMILES string of the molecule is O=C(NCc1ccc(-n2cccn2)nc1)C1CCN(S(=O)(=O)c2ccc3c(c2)OCCCO3)CC1. The second-order valence-electron chi connectivity index (χ2n) is 8.53. The molecule has 2 aliphatic heterocycles. The zero-order valence-electron chi connectivity index (χ0n) is 19.2. The van der Waals surface area contributed by atoms with E-state index in [0.29, 0.717) is 49.9 Å². The van der Waals surface area contributed by atoms with Gasteiger partial charge >= 0.3 is 0 Å². The maximum atomic E-state index is 13.2. The monoisotopic (exact) mass is 497 g/mol. The average Bonchev–Trinajstić information content (AvgIpc) is 3.33. The van der Waals surface area contributed by atoms with E-state index in [9.17, 15) is 13.2 Å². The van der Waals surface area contributed by atoms with Crippen LogP contribution in [-0.4, -0.2) is 59.7 Å². The standard InChI is InChI=1S/C24H27N5O5S/c30-24(26-17-18-3-6-23(25-16-18)29-10-1-9-27-29)19-7-11-28(12-8-19)35(31,32)20-4-5-21-22(15-20)34-14-2-13-33-21/h1,3-6,9-10,15-16,19H,2,7-8,11-14,17H2,(H,26,30). The van der Waals surface area contributed by atoms with Crippen LogP contribution in [0.4, 0.5) is 0 Å². The van der Waals surface area contributed by atoms with Crippen molar-refractivity contribution in [2.45, 2.75) is 30.7 Å². The molecule has 0 saturated carbocycles. The van der Waals surface area contributed by atoms with Crippen molar-refractivity contribution in [2.75, 3.05) is 26.3 Å². The lowest BCUT2D eigenvalue weighted by atomic mass is 9.97. The summed E-state index contributed by atoms with van der Waals surface area (Å²) in [6.07, 6.45) is 6.88. The van der Waals surface area contributed by atoms with E-state index in [1.54, 1.807) is 29.2 Å². The summed E-state index contributed by atoms with van der Waals surface area (Å²) in [5, 5.41) is 7.09. The van der Waals surface area contributed by atoms with Crippen molar-refractivity contribution in [3.05, 3.63) is 60.6 Å². The van der Waals surface area contributed by atoms with Crippen molar-refractivity contribution < 1.29 is 22.7 Å². The Morgan fingerprint density at radius 2 is 1.89 bits per heavy atom. The minimum Gasteiger partial charge on any atom is -0.490 e. The number of rotatable bonds is 6. The van der Waals surface area contributed by atoms with E-state index in [2.05, 4.69) is 15.4 Å². The van der Waals surface area contributed by atoms with Gasteiger partial charge in [0.2, 0.25) is 15.9 Å². The van der Waals surface area contributed by atoms with E-state index in [0.717, 1.165) is 12.0 Å². The van der Waals surface area contributed by atoms with Gasteiger partial charge in [-0.3, -0.25) is 4.79 Å². The molecule has 0 bridgehead atoms. The molecule has 3 aromatic rings. The summed E-state index contributed by atoms with van der Waals surface area (Å²) in [5.74, 6) is 1.40. The Morgan fingerprint density at radius 1 is 1.09 bits per heavy atom. The van der Waals surface area contributed by atoms with Crippen LogP contribution in [0.5, 0.6) is 11.5 Å². The summed E-state index contributed by atoms with van der Waals surface area (Å²) in [4.78, 5) is 17.2. The lowest BCUT2D eigenvalue weighted by Crippen LogP contribution is -2.42. The molecule has 4 heterocycles. The fraction of sp³-hybridized carbons (Fsp3) is 0.375. The highest BCUT2D eigenvalue weighted by atomic mass is 32.2. The number of carbonyl (C=O) groups is 1.